The summed E-state index contributed by atoms with van der Waals surface area (Å²) >= 11 is 0. The van der Waals surface area contributed by atoms with Crippen molar-refractivity contribution in [2.75, 3.05) is 11.9 Å². The zero-order valence-electron chi connectivity index (χ0n) is 11.3. The van der Waals surface area contributed by atoms with Crippen molar-refractivity contribution >= 4 is 22.6 Å². The van der Waals surface area contributed by atoms with E-state index >= 15 is 0 Å². The van der Waals surface area contributed by atoms with Crippen LogP contribution in [0.4, 0.5) is 5.82 Å². The summed E-state index contributed by atoms with van der Waals surface area (Å²) in [5.41, 5.74) is 7.28. The summed E-state index contributed by atoms with van der Waals surface area (Å²) in [5, 5.41) is 12.9. The average molecular weight is 258 g/mol. The number of aromatic nitrogens is 1. The summed E-state index contributed by atoms with van der Waals surface area (Å²) in [5.74, 6) is 0.896. The molecule has 0 fully saturated rings. The molecular formula is C14H18N4O. The third-order valence-electron chi connectivity index (χ3n) is 3.22. The van der Waals surface area contributed by atoms with Gasteiger partial charge in [0.25, 0.3) is 0 Å². The van der Waals surface area contributed by atoms with Crippen LogP contribution in [0.5, 0.6) is 0 Å². The maximum atomic E-state index is 8.92. The van der Waals surface area contributed by atoms with Gasteiger partial charge in [-0.25, -0.2) is 4.98 Å². The Hall–Kier alpha value is -2.30. The second-order valence-corrected chi connectivity index (χ2v) is 4.74. The zero-order chi connectivity index (χ0) is 14.0. The normalized spacial score (nSPS) is 12.1. The maximum absolute atomic E-state index is 8.92. The molecule has 0 radical (unpaired) electrons. The highest BCUT2D eigenvalue weighted by molar-refractivity contribution is 6.08. The third-order valence-corrected chi connectivity index (χ3v) is 3.22. The molecule has 0 atom stereocenters. The van der Waals surface area contributed by atoms with Crippen LogP contribution in [0.1, 0.15) is 19.4 Å². The summed E-state index contributed by atoms with van der Waals surface area (Å²) in [7, 11) is 1.97. The Kier molecular flexibility index (Phi) is 3.55. The molecule has 0 amide bonds. The fraction of sp³-hybridized carbons (Fsp3) is 0.286. The predicted molar refractivity (Wildman–Crippen MR) is 77.8 cm³/mol. The molecule has 2 rings (SSSR count). The minimum absolute atomic E-state index is 0.0945. The molecule has 1 aromatic carbocycles. The van der Waals surface area contributed by atoms with Crippen molar-refractivity contribution < 1.29 is 5.21 Å². The van der Waals surface area contributed by atoms with Crippen LogP contribution in [0.25, 0.3) is 10.9 Å². The molecule has 100 valence electrons. The third kappa shape index (κ3) is 2.45. The van der Waals surface area contributed by atoms with Crippen molar-refractivity contribution in [2.24, 2.45) is 10.9 Å². The topological polar surface area (TPSA) is 74.7 Å². The Labute approximate surface area is 112 Å². The lowest BCUT2D eigenvalue weighted by atomic mass is 10.1. The van der Waals surface area contributed by atoms with Gasteiger partial charge in [0.05, 0.1) is 5.52 Å². The Morgan fingerprint density at radius 1 is 1.37 bits per heavy atom. The van der Waals surface area contributed by atoms with Gasteiger partial charge in [-0.1, -0.05) is 23.4 Å². The highest BCUT2D eigenvalue weighted by Gasteiger charge is 2.13. The minimum Gasteiger partial charge on any atom is -0.409 e. The van der Waals surface area contributed by atoms with Crippen LogP contribution in [-0.4, -0.2) is 29.1 Å². The van der Waals surface area contributed by atoms with E-state index in [1.807, 2.05) is 42.3 Å². The number of anilines is 1. The van der Waals surface area contributed by atoms with Gasteiger partial charge in [0, 0.05) is 24.0 Å². The Balaban J connectivity index is 2.70. The van der Waals surface area contributed by atoms with Crippen molar-refractivity contribution in [1.82, 2.24) is 4.98 Å². The number of oxime groups is 1. The van der Waals surface area contributed by atoms with E-state index in [2.05, 4.69) is 24.0 Å². The molecule has 0 spiro atoms. The SMILES string of the molecule is CC(C)N(C)c1cc(C(N)=NO)c2ccccc2n1. The first-order valence-electron chi connectivity index (χ1n) is 6.15. The molecule has 2 aromatic rings. The quantitative estimate of drug-likeness (QED) is 0.383. The Morgan fingerprint density at radius 3 is 2.68 bits per heavy atom. The molecule has 1 heterocycles. The fourth-order valence-electron chi connectivity index (χ4n) is 1.87. The first-order chi connectivity index (χ1) is 9.04. The van der Waals surface area contributed by atoms with Gasteiger partial charge in [0.1, 0.15) is 5.82 Å². The monoisotopic (exact) mass is 258 g/mol. The fourth-order valence-corrected chi connectivity index (χ4v) is 1.87. The molecule has 5 nitrogen and oxygen atoms in total. The molecule has 0 saturated heterocycles. The highest BCUT2D eigenvalue weighted by atomic mass is 16.4. The maximum Gasteiger partial charge on any atom is 0.170 e. The number of amidine groups is 1. The summed E-state index contributed by atoms with van der Waals surface area (Å²) in [4.78, 5) is 6.65. The summed E-state index contributed by atoms with van der Waals surface area (Å²) in [6, 6.07) is 9.82. The van der Waals surface area contributed by atoms with Crippen molar-refractivity contribution in [2.45, 2.75) is 19.9 Å². The largest absolute Gasteiger partial charge is 0.409 e. The number of benzene rings is 1. The van der Waals surface area contributed by atoms with E-state index in [9.17, 15) is 0 Å². The van der Waals surface area contributed by atoms with Gasteiger partial charge >= 0.3 is 0 Å². The minimum atomic E-state index is 0.0945. The average Bonchev–Trinajstić information content (AvgIpc) is 2.44. The van der Waals surface area contributed by atoms with Gasteiger partial charge in [0.2, 0.25) is 0 Å². The molecule has 1 aromatic heterocycles. The number of para-hydroxylation sites is 1. The molecule has 0 saturated carbocycles. The molecule has 19 heavy (non-hydrogen) atoms. The second kappa shape index (κ2) is 5.14. The van der Waals surface area contributed by atoms with Crippen LogP contribution in [0, 0.1) is 0 Å². The number of nitrogens with zero attached hydrogens (tertiary/aromatic N) is 3. The van der Waals surface area contributed by atoms with Crippen LogP contribution >= 0.6 is 0 Å². The lowest BCUT2D eigenvalue weighted by Gasteiger charge is -2.23. The van der Waals surface area contributed by atoms with E-state index in [1.165, 1.54) is 0 Å². The summed E-state index contributed by atoms with van der Waals surface area (Å²) in [6.07, 6.45) is 0. The van der Waals surface area contributed by atoms with Gasteiger partial charge in [-0.15, -0.1) is 0 Å². The van der Waals surface area contributed by atoms with Crippen molar-refractivity contribution in [3.8, 4) is 0 Å². The van der Waals surface area contributed by atoms with Crippen LogP contribution < -0.4 is 10.6 Å². The number of pyridine rings is 1. The van der Waals surface area contributed by atoms with Gasteiger partial charge < -0.3 is 15.8 Å². The first-order valence-corrected chi connectivity index (χ1v) is 6.15. The number of rotatable bonds is 3. The highest BCUT2D eigenvalue weighted by Crippen LogP contribution is 2.23. The van der Waals surface area contributed by atoms with E-state index in [1.54, 1.807) is 0 Å². The predicted octanol–water partition coefficient (Wildman–Crippen LogP) is 2.17. The Morgan fingerprint density at radius 2 is 2.05 bits per heavy atom. The van der Waals surface area contributed by atoms with E-state index in [-0.39, 0.29) is 5.84 Å². The van der Waals surface area contributed by atoms with E-state index in [0.29, 0.717) is 11.6 Å². The molecular weight excluding hydrogens is 240 g/mol. The molecule has 0 bridgehead atoms. The first kappa shape index (κ1) is 13.1. The van der Waals surface area contributed by atoms with Crippen LogP contribution in [-0.2, 0) is 0 Å². The zero-order valence-corrected chi connectivity index (χ0v) is 11.3. The Bertz CT molecular complexity index is 622. The van der Waals surface area contributed by atoms with Gasteiger partial charge in [0.15, 0.2) is 5.84 Å². The number of nitrogens with two attached hydrogens (primary N) is 1. The van der Waals surface area contributed by atoms with Gasteiger partial charge in [-0.3, -0.25) is 0 Å². The van der Waals surface area contributed by atoms with Gasteiger partial charge in [-0.2, -0.15) is 0 Å². The van der Waals surface area contributed by atoms with Crippen LogP contribution in [0.15, 0.2) is 35.5 Å². The lowest BCUT2D eigenvalue weighted by Crippen LogP contribution is -2.27. The standard InChI is InChI=1S/C14H18N4O/c1-9(2)18(3)13-8-11(14(15)17-19)10-6-4-5-7-12(10)16-13/h4-9,19H,1-3H3,(H2,15,17). The van der Waals surface area contributed by atoms with Crippen LogP contribution in [0.3, 0.4) is 0 Å². The van der Waals surface area contributed by atoms with Crippen LogP contribution in [0.2, 0.25) is 0 Å². The van der Waals surface area contributed by atoms with Crippen molar-refractivity contribution in [3.05, 3.63) is 35.9 Å². The molecule has 0 aliphatic rings. The molecule has 5 heteroatoms. The number of hydrogen-bond donors (Lipinski definition) is 2. The number of fused-ring (bicyclic) bond motifs is 1. The van der Waals surface area contributed by atoms with Crippen molar-refractivity contribution in [1.29, 1.82) is 0 Å². The molecule has 3 N–H and O–H groups in total. The van der Waals surface area contributed by atoms with Crippen molar-refractivity contribution in [3.63, 3.8) is 0 Å². The summed E-state index contributed by atoms with van der Waals surface area (Å²) < 4.78 is 0. The van der Waals surface area contributed by atoms with Gasteiger partial charge in [-0.05, 0) is 26.0 Å². The van der Waals surface area contributed by atoms with E-state index in [4.69, 9.17) is 10.9 Å². The summed E-state index contributed by atoms with van der Waals surface area (Å²) in [6.45, 7) is 4.17. The lowest BCUT2D eigenvalue weighted by molar-refractivity contribution is 0.318. The number of hydrogen-bond acceptors (Lipinski definition) is 4. The molecule has 0 aliphatic carbocycles. The molecule has 0 unspecified atom stereocenters. The second-order valence-electron chi connectivity index (χ2n) is 4.74. The molecule has 0 aliphatic heterocycles. The smallest absolute Gasteiger partial charge is 0.170 e. The van der Waals surface area contributed by atoms with E-state index < -0.39 is 0 Å². The van der Waals surface area contributed by atoms with E-state index in [0.717, 1.165) is 16.7 Å².